The molecule has 1 amide bonds. The Labute approximate surface area is 110 Å². The average Bonchev–Trinajstić information content (AvgIpc) is 2.31. The number of benzene rings is 1. The van der Waals surface area contributed by atoms with E-state index in [2.05, 4.69) is 0 Å². The SMILES string of the molecule is CC(C(N)=S)N(C)C(=O)Cc1ccc(F)c(F)c1. The monoisotopic (exact) mass is 272 g/mol. The first-order chi connectivity index (χ1) is 8.32. The van der Waals surface area contributed by atoms with Crippen molar-refractivity contribution in [2.75, 3.05) is 7.05 Å². The molecule has 0 radical (unpaired) electrons. The zero-order valence-corrected chi connectivity index (χ0v) is 10.9. The lowest BCUT2D eigenvalue weighted by Crippen LogP contribution is -2.43. The molecule has 2 N–H and O–H groups in total. The fourth-order valence-electron chi connectivity index (χ4n) is 1.36. The maximum Gasteiger partial charge on any atom is 0.227 e. The van der Waals surface area contributed by atoms with Crippen LogP contribution < -0.4 is 5.73 Å². The van der Waals surface area contributed by atoms with Gasteiger partial charge in [-0.1, -0.05) is 18.3 Å². The molecule has 18 heavy (non-hydrogen) atoms. The zero-order valence-electron chi connectivity index (χ0n) is 10.1. The van der Waals surface area contributed by atoms with Gasteiger partial charge in [0.25, 0.3) is 0 Å². The van der Waals surface area contributed by atoms with Gasteiger partial charge in [0.2, 0.25) is 5.91 Å². The Hall–Kier alpha value is -1.56. The molecule has 0 saturated heterocycles. The summed E-state index contributed by atoms with van der Waals surface area (Å²) in [5.41, 5.74) is 5.84. The van der Waals surface area contributed by atoms with Crippen molar-refractivity contribution >= 4 is 23.1 Å². The molecule has 3 nitrogen and oxygen atoms in total. The minimum absolute atomic E-state index is 0.0271. The van der Waals surface area contributed by atoms with Crippen molar-refractivity contribution in [2.45, 2.75) is 19.4 Å². The summed E-state index contributed by atoms with van der Waals surface area (Å²) in [7, 11) is 1.56. The summed E-state index contributed by atoms with van der Waals surface area (Å²) in [6.45, 7) is 1.70. The van der Waals surface area contributed by atoms with Crippen LogP contribution in [0.1, 0.15) is 12.5 Å². The third-order valence-corrected chi connectivity index (χ3v) is 3.07. The number of hydrogen-bond acceptors (Lipinski definition) is 2. The van der Waals surface area contributed by atoms with E-state index in [-0.39, 0.29) is 23.4 Å². The van der Waals surface area contributed by atoms with Gasteiger partial charge >= 0.3 is 0 Å². The Bertz CT molecular complexity index is 479. The van der Waals surface area contributed by atoms with Gasteiger partial charge in [-0.2, -0.15) is 0 Å². The van der Waals surface area contributed by atoms with Gasteiger partial charge in [0, 0.05) is 7.05 Å². The molecule has 0 fully saturated rings. The van der Waals surface area contributed by atoms with Crippen LogP contribution in [-0.4, -0.2) is 28.9 Å². The summed E-state index contributed by atoms with van der Waals surface area (Å²) in [6.07, 6.45) is -0.0271. The van der Waals surface area contributed by atoms with Gasteiger partial charge in [0.15, 0.2) is 11.6 Å². The Morgan fingerprint density at radius 2 is 2.06 bits per heavy atom. The first-order valence-corrected chi connectivity index (χ1v) is 5.72. The highest BCUT2D eigenvalue weighted by molar-refractivity contribution is 7.80. The maximum absolute atomic E-state index is 13.0. The van der Waals surface area contributed by atoms with Crippen LogP contribution in [0.5, 0.6) is 0 Å². The van der Waals surface area contributed by atoms with Crippen LogP contribution in [0.2, 0.25) is 0 Å². The molecule has 1 atom stereocenters. The van der Waals surface area contributed by atoms with E-state index in [1.165, 1.54) is 11.0 Å². The number of thiocarbonyl (C=S) groups is 1. The van der Waals surface area contributed by atoms with E-state index in [0.29, 0.717) is 5.56 Å². The van der Waals surface area contributed by atoms with Gasteiger partial charge in [0.05, 0.1) is 17.5 Å². The Morgan fingerprint density at radius 3 is 2.56 bits per heavy atom. The topological polar surface area (TPSA) is 46.3 Å². The van der Waals surface area contributed by atoms with Crippen molar-refractivity contribution in [1.82, 2.24) is 4.90 Å². The lowest BCUT2D eigenvalue weighted by molar-refractivity contribution is -0.129. The second kappa shape index (κ2) is 5.86. The highest BCUT2D eigenvalue weighted by Gasteiger charge is 2.18. The number of hydrogen-bond donors (Lipinski definition) is 1. The molecular formula is C12H14F2N2OS. The van der Waals surface area contributed by atoms with Crippen molar-refractivity contribution in [3.05, 3.63) is 35.4 Å². The van der Waals surface area contributed by atoms with Gasteiger partial charge in [-0.15, -0.1) is 0 Å². The minimum Gasteiger partial charge on any atom is -0.392 e. The molecule has 0 aromatic heterocycles. The third kappa shape index (κ3) is 3.46. The van der Waals surface area contributed by atoms with Crippen molar-refractivity contribution in [3.8, 4) is 0 Å². The van der Waals surface area contributed by atoms with E-state index in [9.17, 15) is 13.6 Å². The second-order valence-electron chi connectivity index (χ2n) is 4.01. The quantitative estimate of drug-likeness (QED) is 0.848. The first kappa shape index (κ1) is 14.5. The van der Waals surface area contributed by atoms with E-state index in [0.717, 1.165) is 12.1 Å². The number of likely N-dealkylation sites (N-methyl/N-ethyl adjacent to an activating group) is 1. The van der Waals surface area contributed by atoms with Crippen molar-refractivity contribution < 1.29 is 13.6 Å². The van der Waals surface area contributed by atoms with E-state index < -0.39 is 11.6 Å². The van der Waals surface area contributed by atoms with Gasteiger partial charge in [-0.05, 0) is 24.6 Å². The van der Waals surface area contributed by atoms with Gasteiger partial charge in [-0.25, -0.2) is 8.78 Å². The van der Waals surface area contributed by atoms with Crippen LogP contribution in [-0.2, 0) is 11.2 Å². The predicted molar refractivity (Wildman–Crippen MR) is 69.1 cm³/mol. The molecule has 1 rings (SSSR count). The van der Waals surface area contributed by atoms with Gasteiger partial charge in [-0.3, -0.25) is 4.79 Å². The fourth-order valence-corrected chi connectivity index (χ4v) is 1.51. The predicted octanol–water partition coefficient (Wildman–Crippen LogP) is 1.64. The molecular weight excluding hydrogens is 258 g/mol. The molecule has 0 aliphatic heterocycles. The number of rotatable bonds is 4. The molecule has 6 heteroatoms. The van der Waals surface area contributed by atoms with E-state index in [1.807, 2.05) is 0 Å². The van der Waals surface area contributed by atoms with Crippen LogP contribution in [0, 0.1) is 11.6 Å². The number of amides is 1. The number of halogens is 2. The smallest absolute Gasteiger partial charge is 0.227 e. The average molecular weight is 272 g/mol. The molecule has 0 bridgehead atoms. The Kier molecular flexibility index (Phi) is 4.72. The number of carbonyl (C=O) groups is 1. The third-order valence-electron chi connectivity index (χ3n) is 2.73. The van der Waals surface area contributed by atoms with E-state index in [1.54, 1.807) is 14.0 Å². The highest BCUT2D eigenvalue weighted by Crippen LogP contribution is 2.10. The Morgan fingerprint density at radius 1 is 1.44 bits per heavy atom. The summed E-state index contributed by atoms with van der Waals surface area (Å²) in [5, 5.41) is 0. The van der Waals surface area contributed by atoms with Crippen LogP contribution >= 0.6 is 12.2 Å². The largest absolute Gasteiger partial charge is 0.392 e. The van der Waals surface area contributed by atoms with Crippen molar-refractivity contribution in [2.24, 2.45) is 5.73 Å². The van der Waals surface area contributed by atoms with Crippen LogP contribution in [0.25, 0.3) is 0 Å². The Balaban J connectivity index is 2.75. The molecule has 98 valence electrons. The van der Waals surface area contributed by atoms with Crippen molar-refractivity contribution in [3.63, 3.8) is 0 Å². The fraction of sp³-hybridized carbons (Fsp3) is 0.333. The zero-order chi connectivity index (χ0) is 13.9. The molecule has 1 aromatic carbocycles. The maximum atomic E-state index is 13.0. The molecule has 0 heterocycles. The lowest BCUT2D eigenvalue weighted by Gasteiger charge is -2.24. The molecule has 0 saturated carbocycles. The molecule has 1 unspecified atom stereocenters. The van der Waals surface area contributed by atoms with Crippen LogP contribution in [0.4, 0.5) is 8.78 Å². The molecule has 0 spiro atoms. The summed E-state index contributed by atoms with van der Waals surface area (Å²) in [6, 6.07) is 3.00. The minimum atomic E-state index is -0.967. The molecule has 0 aliphatic rings. The molecule has 1 aromatic rings. The van der Waals surface area contributed by atoms with Crippen molar-refractivity contribution in [1.29, 1.82) is 0 Å². The van der Waals surface area contributed by atoms with Gasteiger partial charge in [0.1, 0.15) is 0 Å². The number of nitrogens with two attached hydrogens (primary N) is 1. The van der Waals surface area contributed by atoms with Gasteiger partial charge < -0.3 is 10.6 Å². The molecule has 0 aliphatic carbocycles. The summed E-state index contributed by atoms with van der Waals surface area (Å²) >= 11 is 4.79. The lowest BCUT2D eigenvalue weighted by atomic mass is 10.1. The van der Waals surface area contributed by atoms with Crippen LogP contribution in [0.15, 0.2) is 18.2 Å². The second-order valence-corrected chi connectivity index (χ2v) is 4.48. The summed E-state index contributed by atoms with van der Waals surface area (Å²) in [5.74, 6) is -2.16. The van der Waals surface area contributed by atoms with E-state index >= 15 is 0 Å². The summed E-state index contributed by atoms with van der Waals surface area (Å²) in [4.78, 5) is 13.4. The first-order valence-electron chi connectivity index (χ1n) is 5.32. The standard InChI is InChI=1S/C12H14F2N2OS/c1-7(12(15)18)16(2)11(17)6-8-3-4-9(13)10(14)5-8/h3-5,7H,6H2,1-2H3,(H2,15,18). The van der Waals surface area contributed by atoms with E-state index in [4.69, 9.17) is 18.0 Å². The number of nitrogens with zero attached hydrogens (tertiary/aromatic N) is 1. The normalized spacial score (nSPS) is 12.0. The highest BCUT2D eigenvalue weighted by atomic mass is 32.1. The number of carbonyl (C=O) groups excluding carboxylic acids is 1. The van der Waals surface area contributed by atoms with Crippen LogP contribution in [0.3, 0.4) is 0 Å². The summed E-state index contributed by atoms with van der Waals surface area (Å²) < 4.78 is 25.7.